The third-order valence-corrected chi connectivity index (χ3v) is 3.36. The van der Waals surface area contributed by atoms with Gasteiger partial charge in [-0.15, -0.1) is 0 Å². The van der Waals surface area contributed by atoms with Crippen molar-refractivity contribution in [2.45, 2.75) is 27.2 Å². The molecule has 0 aliphatic rings. The molecule has 0 spiro atoms. The number of anilines is 1. The Morgan fingerprint density at radius 1 is 1.05 bits per heavy atom. The number of benzene rings is 2. The smallest absolute Gasteiger partial charge is 0.228 e. The number of phenolic OH excluding ortho intramolecular Hbond substituents is 1. The molecule has 2 N–H and O–H groups in total. The summed E-state index contributed by atoms with van der Waals surface area (Å²) in [5.41, 5.74) is 4.76. The summed E-state index contributed by atoms with van der Waals surface area (Å²) < 4.78 is 0. The first kappa shape index (κ1) is 14.1. The zero-order valence-electron chi connectivity index (χ0n) is 12.0. The van der Waals surface area contributed by atoms with Crippen molar-refractivity contribution in [2.75, 3.05) is 5.32 Å². The first-order valence-corrected chi connectivity index (χ1v) is 6.61. The standard InChI is InChI=1S/C17H19NO2/c1-11-4-7-15(16(19)8-11)18-17(20)10-14-6-5-12(2)13(3)9-14/h4-9,19H,10H2,1-3H3,(H,18,20). The predicted octanol–water partition coefficient (Wildman–Crippen LogP) is 3.50. The van der Waals surface area contributed by atoms with Crippen LogP contribution in [0.5, 0.6) is 5.75 Å². The second-order valence-electron chi connectivity index (χ2n) is 5.16. The lowest BCUT2D eigenvalue weighted by Crippen LogP contribution is -2.14. The molecule has 0 unspecified atom stereocenters. The van der Waals surface area contributed by atoms with Gasteiger partial charge in [0.15, 0.2) is 0 Å². The minimum Gasteiger partial charge on any atom is -0.506 e. The number of nitrogens with one attached hydrogen (secondary N) is 1. The molecule has 0 heterocycles. The van der Waals surface area contributed by atoms with E-state index < -0.39 is 0 Å². The van der Waals surface area contributed by atoms with Gasteiger partial charge >= 0.3 is 0 Å². The Morgan fingerprint density at radius 2 is 1.80 bits per heavy atom. The van der Waals surface area contributed by atoms with Crippen molar-refractivity contribution in [3.8, 4) is 5.75 Å². The number of aryl methyl sites for hydroxylation is 3. The maximum Gasteiger partial charge on any atom is 0.228 e. The Hall–Kier alpha value is -2.29. The van der Waals surface area contributed by atoms with E-state index in [2.05, 4.69) is 5.32 Å². The molecule has 0 aliphatic carbocycles. The van der Waals surface area contributed by atoms with Crippen molar-refractivity contribution in [1.29, 1.82) is 0 Å². The summed E-state index contributed by atoms with van der Waals surface area (Å²) >= 11 is 0. The highest BCUT2D eigenvalue weighted by Crippen LogP contribution is 2.24. The molecule has 0 aliphatic heterocycles. The number of carbonyl (C=O) groups excluding carboxylic acids is 1. The van der Waals surface area contributed by atoms with Crippen LogP contribution in [0.15, 0.2) is 36.4 Å². The number of hydrogen-bond acceptors (Lipinski definition) is 2. The molecule has 0 aromatic heterocycles. The monoisotopic (exact) mass is 269 g/mol. The average Bonchev–Trinajstić information content (AvgIpc) is 2.37. The van der Waals surface area contributed by atoms with E-state index in [1.54, 1.807) is 12.1 Å². The van der Waals surface area contributed by atoms with Crippen molar-refractivity contribution < 1.29 is 9.90 Å². The fourth-order valence-corrected chi connectivity index (χ4v) is 2.04. The predicted molar refractivity (Wildman–Crippen MR) is 81.1 cm³/mol. The van der Waals surface area contributed by atoms with Crippen molar-refractivity contribution in [3.63, 3.8) is 0 Å². The summed E-state index contributed by atoms with van der Waals surface area (Å²) in [6.07, 6.45) is 0.300. The van der Waals surface area contributed by atoms with Crippen LogP contribution < -0.4 is 5.32 Å². The molecule has 2 aromatic rings. The summed E-state index contributed by atoms with van der Waals surface area (Å²) in [7, 11) is 0. The second-order valence-corrected chi connectivity index (χ2v) is 5.16. The number of hydrogen-bond donors (Lipinski definition) is 2. The number of rotatable bonds is 3. The van der Waals surface area contributed by atoms with Crippen LogP contribution in [0.4, 0.5) is 5.69 Å². The van der Waals surface area contributed by atoms with Crippen LogP contribution in [-0.4, -0.2) is 11.0 Å². The van der Waals surface area contributed by atoms with E-state index in [1.165, 1.54) is 11.1 Å². The molecule has 2 aromatic carbocycles. The molecule has 0 fully saturated rings. The van der Waals surface area contributed by atoms with Crippen molar-refractivity contribution in [1.82, 2.24) is 0 Å². The first-order valence-electron chi connectivity index (χ1n) is 6.61. The van der Waals surface area contributed by atoms with Crippen LogP contribution in [0.1, 0.15) is 22.3 Å². The topological polar surface area (TPSA) is 49.3 Å². The quantitative estimate of drug-likeness (QED) is 0.838. The summed E-state index contributed by atoms with van der Waals surface area (Å²) in [5.74, 6) is -0.0363. The molecular weight excluding hydrogens is 250 g/mol. The Morgan fingerprint density at radius 3 is 2.45 bits per heavy atom. The summed E-state index contributed by atoms with van der Waals surface area (Å²) in [5, 5.41) is 12.5. The molecule has 2 rings (SSSR count). The van der Waals surface area contributed by atoms with Gasteiger partial charge < -0.3 is 10.4 Å². The number of amides is 1. The van der Waals surface area contributed by atoms with Gasteiger partial charge in [-0.1, -0.05) is 24.3 Å². The van der Waals surface area contributed by atoms with Gasteiger partial charge in [-0.3, -0.25) is 4.79 Å². The van der Waals surface area contributed by atoms with E-state index in [1.807, 2.05) is 45.0 Å². The largest absolute Gasteiger partial charge is 0.506 e. The normalized spacial score (nSPS) is 10.3. The van der Waals surface area contributed by atoms with Gasteiger partial charge in [0.2, 0.25) is 5.91 Å². The van der Waals surface area contributed by atoms with E-state index in [4.69, 9.17) is 0 Å². The highest BCUT2D eigenvalue weighted by Gasteiger charge is 2.08. The molecular formula is C17H19NO2. The third-order valence-electron chi connectivity index (χ3n) is 3.36. The molecule has 104 valence electrons. The van der Waals surface area contributed by atoms with Crippen molar-refractivity contribution in [3.05, 3.63) is 58.7 Å². The van der Waals surface area contributed by atoms with Crippen LogP contribution in [0.25, 0.3) is 0 Å². The average molecular weight is 269 g/mol. The lowest BCUT2D eigenvalue weighted by Gasteiger charge is -2.09. The van der Waals surface area contributed by atoms with Gasteiger partial charge in [0, 0.05) is 0 Å². The summed E-state index contributed by atoms with van der Waals surface area (Å²) in [4.78, 5) is 12.0. The van der Waals surface area contributed by atoms with Gasteiger partial charge in [0.25, 0.3) is 0 Å². The van der Waals surface area contributed by atoms with Crippen molar-refractivity contribution >= 4 is 11.6 Å². The van der Waals surface area contributed by atoms with Gasteiger partial charge in [0.1, 0.15) is 5.75 Å². The van der Waals surface area contributed by atoms with E-state index in [9.17, 15) is 9.90 Å². The van der Waals surface area contributed by atoms with E-state index in [0.29, 0.717) is 12.1 Å². The SMILES string of the molecule is Cc1ccc(NC(=O)Cc2ccc(C)c(C)c2)c(O)c1. The number of carbonyl (C=O) groups is 1. The summed E-state index contributed by atoms with van der Waals surface area (Å²) in [6.45, 7) is 5.96. The highest BCUT2D eigenvalue weighted by atomic mass is 16.3. The maximum atomic E-state index is 12.0. The van der Waals surface area contributed by atoms with Gasteiger partial charge in [-0.05, 0) is 55.2 Å². The lowest BCUT2D eigenvalue weighted by atomic mass is 10.0. The van der Waals surface area contributed by atoms with Crippen LogP contribution in [0, 0.1) is 20.8 Å². The molecule has 3 nitrogen and oxygen atoms in total. The molecule has 0 radical (unpaired) electrons. The van der Waals surface area contributed by atoms with Crippen molar-refractivity contribution in [2.24, 2.45) is 0 Å². The number of aromatic hydroxyl groups is 1. The lowest BCUT2D eigenvalue weighted by molar-refractivity contribution is -0.115. The summed E-state index contributed by atoms with van der Waals surface area (Å²) in [6, 6.07) is 11.2. The highest BCUT2D eigenvalue weighted by molar-refractivity contribution is 5.93. The molecule has 3 heteroatoms. The molecule has 0 saturated carbocycles. The molecule has 0 atom stereocenters. The maximum absolute atomic E-state index is 12.0. The van der Waals surface area contributed by atoms with E-state index in [-0.39, 0.29) is 11.7 Å². The molecule has 1 amide bonds. The van der Waals surface area contributed by atoms with Crippen LogP contribution in [-0.2, 0) is 11.2 Å². The Balaban J connectivity index is 2.07. The van der Waals surface area contributed by atoms with Crippen LogP contribution >= 0.6 is 0 Å². The van der Waals surface area contributed by atoms with Gasteiger partial charge in [-0.2, -0.15) is 0 Å². The van der Waals surface area contributed by atoms with E-state index in [0.717, 1.165) is 11.1 Å². The Bertz CT molecular complexity index is 647. The molecule has 0 bridgehead atoms. The Labute approximate surface area is 119 Å². The Kier molecular flexibility index (Phi) is 4.08. The van der Waals surface area contributed by atoms with Gasteiger partial charge in [-0.25, -0.2) is 0 Å². The fourth-order valence-electron chi connectivity index (χ4n) is 2.04. The van der Waals surface area contributed by atoms with Crippen LogP contribution in [0.3, 0.4) is 0 Å². The van der Waals surface area contributed by atoms with E-state index >= 15 is 0 Å². The zero-order valence-corrected chi connectivity index (χ0v) is 12.0. The minimum absolute atomic E-state index is 0.0958. The second kappa shape index (κ2) is 5.78. The molecule has 0 saturated heterocycles. The minimum atomic E-state index is -0.132. The molecule has 20 heavy (non-hydrogen) atoms. The first-order chi connectivity index (χ1) is 9.45. The van der Waals surface area contributed by atoms with Gasteiger partial charge in [0.05, 0.1) is 12.1 Å². The number of phenols is 1. The third kappa shape index (κ3) is 3.38. The zero-order chi connectivity index (χ0) is 14.7. The van der Waals surface area contributed by atoms with Crippen LogP contribution in [0.2, 0.25) is 0 Å². The fraction of sp³-hybridized carbons (Fsp3) is 0.235.